The zero-order chi connectivity index (χ0) is 16.2. The number of nitrogens with one attached hydrogen (secondary N) is 1. The smallest absolute Gasteiger partial charge is 0.195 e. The van der Waals surface area contributed by atoms with Gasteiger partial charge in [0.1, 0.15) is 5.58 Å². The highest BCUT2D eigenvalue weighted by Crippen LogP contribution is 2.35. The topological polar surface area (TPSA) is 62.6 Å². The summed E-state index contributed by atoms with van der Waals surface area (Å²) in [6.45, 7) is 1.37. The fraction of sp³-hybridized carbons (Fsp3) is 0.286. The third kappa shape index (κ3) is 3.87. The first-order valence-electron chi connectivity index (χ1n) is 6.10. The van der Waals surface area contributed by atoms with Crippen LogP contribution < -0.4 is 9.62 Å². The maximum Gasteiger partial charge on any atom is 0.195 e. The molecule has 1 aromatic heterocycles. The van der Waals surface area contributed by atoms with Gasteiger partial charge in [-0.2, -0.15) is 0 Å². The standard InChI is InChI=1S/C12H10BrNO3S.C2H7N/c1-6(16)12-8(5-15)7-3-9(13)10(14(2)18)4-11(7)17-12;1-3-2/h3-5,18H,1-2H3;3H,1-2H3. The van der Waals surface area contributed by atoms with Crippen molar-refractivity contribution in [2.24, 2.45) is 0 Å². The molecule has 0 bridgehead atoms. The summed E-state index contributed by atoms with van der Waals surface area (Å²) in [5.74, 6) is -0.184. The Hall–Kier alpha value is -1.31. The molecule has 7 heteroatoms. The predicted octanol–water partition coefficient (Wildman–Crippen LogP) is 3.33. The van der Waals surface area contributed by atoms with Crippen molar-refractivity contribution in [3.63, 3.8) is 0 Å². The van der Waals surface area contributed by atoms with Gasteiger partial charge in [0.05, 0.1) is 11.3 Å². The number of Topliss-reactive ketones (excluding diaryl/α,β-unsaturated/α-hetero) is 1. The van der Waals surface area contributed by atoms with Crippen LogP contribution in [0.3, 0.4) is 0 Å². The minimum absolute atomic E-state index is 0.0888. The van der Waals surface area contributed by atoms with Crippen molar-refractivity contribution in [2.75, 3.05) is 25.4 Å². The summed E-state index contributed by atoms with van der Waals surface area (Å²) in [5, 5.41) is 3.36. The lowest BCUT2D eigenvalue weighted by Gasteiger charge is -2.12. The molecule has 0 spiro atoms. The Labute approximate surface area is 137 Å². The molecule has 1 heterocycles. The van der Waals surface area contributed by atoms with Crippen LogP contribution in [0.5, 0.6) is 0 Å². The number of hydrogen-bond acceptors (Lipinski definition) is 6. The van der Waals surface area contributed by atoms with Gasteiger partial charge < -0.3 is 14.0 Å². The number of carbonyl (C=O) groups excluding carboxylic acids is 2. The van der Waals surface area contributed by atoms with E-state index in [0.717, 1.165) is 10.2 Å². The SMILES string of the molecule is CC(=O)c1oc2cc(N(C)S)c(Br)cc2c1C=O.CNC. The van der Waals surface area contributed by atoms with Crippen molar-refractivity contribution in [1.29, 1.82) is 0 Å². The fourth-order valence-electron chi connectivity index (χ4n) is 1.75. The summed E-state index contributed by atoms with van der Waals surface area (Å²) in [5.41, 5.74) is 1.56. The van der Waals surface area contributed by atoms with E-state index in [1.165, 1.54) is 6.92 Å². The van der Waals surface area contributed by atoms with Gasteiger partial charge in [0.2, 0.25) is 0 Å². The van der Waals surface area contributed by atoms with E-state index in [1.807, 2.05) is 14.1 Å². The van der Waals surface area contributed by atoms with Gasteiger partial charge >= 0.3 is 0 Å². The molecule has 1 aromatic carbocycles. The summed E-state index contributed by atoms with van der Waals surface area (Å²) in [7, 11) is 5.52. The Morgan fingerprint density at radius 3 is 2.43 bits per heavy atom. The first-order chi connectivity index (χ1) is 9.87. The van der Waals surface area contributed by atoms with E-state index in [9.17, 15) is 9.59 Å². The highest BCUT2D eigenvalue weighted by atomic mass is 79.9. The van der Waals surface area contributed by atoms with Crippen LogP contribution in [0.2, 0.25) is 0 Å². The molecule has 114 valence electrons. The van der Waals surface area contributed by atoms with Gasteiger partial charge in [-0.25, -0.2) is 0 Å². The Bertz CT molecular complexity index is 668. The zero-order valence-electron chi connectivity index (χ0n) is 12.2. The third-order valence-electron chi connectivity index (χ3n) is 2.58. The quantitative estimate of drug-likeness (QED) is 0.491. The molecule has 21 heavy (non-hydrogen) atoms. The second-order valence-electron chi connectivity index (χ2n) is 4.34. The van der Waals surface area contributed by atoms with E-state index >= 15 is 0 Å². The monoisotopic (exact) mass is 372 g/mol. The average Bonchev–Trinajstić information content (AvgIpc) is 2.76. The Balaban J connectivity index is 0.000000677. The van der Waals surface area contributed by atoms with Crippen LogP contribution in [-0.4, -0.2) is 33.2 Å². The fourth-order valence-corrected chi connectivity index (χ4v) is 2.66. The second-order valence-corrected chi connectivity index (χ2v) is 5.80. The van der Waals surface area contributed by atoms with Crippen LogP contribution in [0.1, 0.15) is 27.8 Å². The molecule has 0 saturated heterocycles. The van der Waals surface area contributed by atoms with E-state index < -0.39 is 0 Å². The first kappa shape index (κ1) is 17.7. The van der Waals surface area contributed by atoms with E-state index in [2.05, 4.69) is 34.1 Å². The molecule has 1 N–H and O–H groups in total. The van der Waals surface area contributed by atoms with Crippen LogP contribution in [0.15, 0.2) is 21.0 Å². The highest BCUT2D eigenvalue weighted by molar-refractivity contribution is 9.10. The zero-order valence-corrected chi connectivity index (χ0v) is 14.7. The van der Waals surface area contributed by atoms with Crippen LogP contribution in [-0.2, 0) is 0 Å². The molecular formula is C14H17BrN2O3S. The van der Waals surface area contributed by atoms with Gasteiger partial charge in [-0.15, -0.1) is 0 Å². The minimum Gasteiger partial charge on any atom is -0.452 e. The number of anilines is 1. The summed E-state index contributed by atoms with van der Waals surface area (Å²) in [4.78, 5) is 22.5. The second kappa shape index (κ2) is 7.63. The molecule has 0 aliphatic carbocycles. The van der Waals surface area contributed by atoms with Gasteiger partial charge in [-0.1, -0.05) is 12.8 Å². The summed E-state index contributed by atoms with van der Waals surface area (Å²) in [6.07, 6.45) is 0.638. The molecule has 0 aliphatic heterocycles. The van der Waals surface area contributed by atoms with Crippen molar-refractivity contribution >= 4 is 57.5 Å². The molecule has 0 atom stereocenters. The molecule has 0 unspecified atom stereocenters. The number of halogens is 1. The molecule has 0 fully saturated rings. The van der Waals surface area contributed by atoms with Crippen LogP contribution in [0, 0.1) is 0 Å². The van der Waals surface area contributed by atoms with E-state index in [4.69, 9.17) is 4.42 Å². The summed E-state index contributed by atoms with van der Waals surface area (Å²) in [6, 6.07) is 3.48. The average molecular weight is 373 g/mol. The first-order valence-corrected chi connectivity index (χ1v) is 7.29. The number of thiol groups is 1. The van der Waals surface area contributed by atoms with Crippen molar-refractivity contribution in [1.82, 2.24) is 5.32 Å². The van der Waals surface area contributed by atoms with E-state index in [-0.39, 0.29) is 17.1 Å². The van der Waals surface area contributed by atoms with E-state index in [0.29, 0.717) is 17.3 Å². The van der Waals surface area contributed by atoms with Crippen molar-refractivity contribution in [3.8, 4) is 0 Å². The Morgan fingerprint density at radius 2 is 2.00 bits per heavy atom. The van der Waals surface area contributed by atoms with E-state index in [1.54, 1.807) is 23.5 Å². The number of nitrogens with zero attached hydrogens (tertiary/aromatic N) is 1. The van der Waals surface area contributed by atoms with Gasteiger partial charge in [0.25, 0.3) is 0 Å². The number of aldehydes is 1. The van der Waals surface area contributed by atoms with Gasteiger partial charge in [-0.3, -0.25) is 9.59 Å². The normalized spacial score (nSPS) is 10.0. The summed E-state index contributed by atoms with van der Waals surface area (Å²) < 4.78 is 7.82. The van der Waals surface area contributed by atoms with Crippen molar-refractivity contribution < 1.29 is 14.0 Å². The number of fused-ring (bicyclic) bond motifs is 1. The molecule has 2 aromatic rings. The number of ketones is 1. The third-order valence-corrected chi connectivity index (χ3v) is 3.43. The lowest BCUT2D eigenvalue weighted by molar-refractivity contribution is 0.0981. The lowest BCUT2D eigenvalue weighted by atomic mass is 10.1. The molecule has 0 saturated carbocycles. The van der Waals surface area contributed by atoms with Crippen LogP contribution in [0.4, 0.5) is 5.69 Å². The van der Waals surface area contributed by atoms with Crippen LogP contribution >= 0.6 is 28.7 Å². The largest absolute Gasteiger partial charge is 0.452 e. The van der Waals surface area contributed by atoms with Gasteiger partial charge in [0.15, 0.2) is 17.8 Å². The maximum atomic E-state index is 11.4. The van der Waals surface area contributed by atoms with Gasteiger partial charge in [-0.05, 0) is 36.1 Å². The number of carbonyl (C=O) groups is 2. The molecule has 0 aliphatic rings. The predicted molar refractivity (Wildman–Crippen MR) is 91.7 cm³/mol. The summed E-state index contributed by atoms with van der Waals surface area (Å²) >= 11 is 7.60. The van der Waals surface area contributed by atoms with Crippen LogP contribution in [0.25, 0.3) is 11.0 Å². The molecule has 2 rings (SSSR count). The molecule has 5 nitrogen and oxygen atoms in total. The molecule has 0 amide bonds. The maximum absolute atomic E-state index is 11.4. The lowest BCUT2D eigenvalue weighted by Crippen LogP contribution is -2.01. The molecular weight excluding hydrogens is 356 g/mol. The highest BCUT2D eigenvalue weighted by Gasteiger charge is 2.19. The van der Waals surface area contributed by atoms with Crippen molar-refractivity contribution in [3.05, 3.63) is 27.9 Å². The minimum atomic E-state index is -0.273. The van der Waals surface area contributed by atoms with Crippen molar-refractivity contribution in [2.45, 2.75) is 6.92 Å². The van der Waals surface area contributed by atoms with Gasteiger partial charge in [0, 0.05) is 29.9 Å². The number of hydrogen-bond donors (Lipinski definition) is 2. The Morgan fingerprint density at radius 1 is 1.43 bits per heavy atom. The number of rotatable bonds is 3. The number of benzene rings is 1. The molecule has 0 radical (unpaired) electrons. The number of furan rings is 1. The Kier molecular flexibility index (Phi) is 6.44.